The van der Waals surface area contributed by atoms with Crippen molar-refractivity contribution >= 4 is 50.9 Å². The molecule has 36 heavy (non-hydrogen) atoms. The van der Waals surface area contributed by atoms with E-state index in [-0.39, 0.29) is 41.5 Å². The van der Waals surface area contributed by atoms with Crippen LogP contribution >= 0.6 is 22.9 Å². The Morgan fingerprint density at radius 1 is 1.17 bits per heavy atom. The van der Waals surface area contributed by atoms with Gasteiger partial charge in [0, 0.05) is 34.6 Å². The molecular formula is C27H26ClN3O4S. The number of hydrogen-bond donors (Lipinski definition) is 1. The first-order valence-electron chi connectivity index (χ1n) is 12.1. The number of carbonyl (C=O) groups excluding carboxylic acids is 3. The Hall–Kier alpha value is -2.81. The van der Waals surface area contributed by atoms with Crippen molar-refractivity contribution in [3.63, 3.8) is 0 Å². The van der Waals surface area contributed by atoms with E-state index in [1.165, 1.54) is 16.2 Å². The zero-order chi connectivity index (χ0) is 25.4. The van der Waals surface area contributed by atoms with Gasteiger partial charge in [-0.3, -0.25) is 24.3 Å². The third kappa shape index (κ3) is 3.66. The first kappa shape index (κ1) is 23.6. The van der Waals surface area contributed by atoms with E-state index in [9.17, 15) is 14.4 Å². The highest BCUT2D eigenvalue weighted by Crippen LogP contribution is 2.63. The van der Waals surface area contributed by atoms with Crippen LogP contribution in [0.1, 0.15) is 29.9 Å². The fraction of sp³-hybridized carbons (Fsp3) is 0.407. The number of imide groups is 1. The van der Waals surface area contributed by atoms with Gasteiger partial charge in [0.05, 0.1) is 35.2 Å². The third-order valence-electron chi connectivity index (χ3n) is 7.80. The van der Waals surface area contributed by atoms with E-state index in [2.05, 4.69) is 10.3 Å². The van der Waals surface area contributed by atoms with Crippen molar-refractivity contribution in [1.82, 2.24) is 15.2 Å². The summed E-state index contributed by atoms with van der Waals surface area (Å²) in [6.45, 7) is 7.22. The first-order chi connectivity index (χ1) is 17.2. The summed E-state index contributed by atoms with van der Waals surface area (Å²) in [5.74, 6) is -0.632. The average molecular weight is 524 g/mol. The van der Waals surface area contributed by atoms with E-state index in [1.54, 1.807) is 6.20 Å². The summed E-state index contributed by atoms with van der Waals surface area (Å²) in [6.07, 6.45) is 1.63. The quantitative estimate of drug-likeness (QED) is 0.508. The van der Waals surface area contributed by atoms with Gasteiger partial charge in [-0.15, -0.1) is 11.3 Å². The predicted octanol–water partition coefficient (Wildman–Crippen LogP) is 4.12. The van der Waals surface area contributed by atoms with Crippen molar-refractivity contribution in [2.24, 2.45) is 17.3 Å². The molecule has 6 rings (SSSR count). The van der Waals surface area contributed by atoms with Gasteiger partial charge in [-0.05, 0) is 53.3 Å². The van der Waals surface area contributed by atoms with Crippen LogP contribution in [0.5, 0.6) is 0 Å². The molecule has 0 radical (unpaired) electrons. The van der Waals surface area contributed by atoms with Crippen LogP contribution in [0.2, 0.25) is 5.02 Å². The van der Waals surface area contributed by atoms with Crippen molar-refractivity contribution in [3.05, 3.63) is 51.5 Å². The summed E-state index contributed by atoms with van der Waals surface area (Å²) >= 11 is 8.01. The minimum absolute atomic E-state index is 0.0702. The summed E-state index contributed by atoms with van der Waals surface area (Å²) < 4.78 is 6.71. The second kappa shape index (κ2) is 8.36. The maximum absolute atomic E-state index is 12.9. The van der Waals surface area contributed by atoms with Crippen LogP contribution < -0.4 is 5.32 Å². The summed E-state index contributed by atoms with van der Waals surface area (Å²) in [5, 5.41) is 3.48. The molecule has 3 aromatic rings. The topological polar surface area (TPSA) is 88.6 Å². The van der Waals surface area contributed by atoms with Gasteiger partial charge < -0.3 is 10.1 Å². The molecule has 1 aliphatic carbocycles. The highest BCUT2D eigenvalue weighted by Gasteiger charge is 2.72. The molecule has 1 aromatic carbocycles. The molecule has 9 heteroatoms. The van der Waals surface area contributed by atoms with Crippen LogP contribution in [0.15, 0.2) is 30.5 Å². The maximum Gasteiger partial charge on any atom is 0.249 e. The van der Waals surface area contributed by atoms with E-state index in [4.69, 9.17) is 16.3 Å². The molecule has 7 nitrogen and oxygen atoms in total. The SMILES string of the molecule is Cc1cc(Cl)cc(-c2ccnc3cc(CN4C(=O)C5C(C4=O)C5(C)C)sc23)c1CC1OCCNC1=O. The molecular weight excluding hydrogens is 498 g/mol. The average Bonchev–Trinajstić information content (AvgIpc) is 3.08. The van der Waals surface area contributed by atoms with E-state index < -0.39 is 6.10 Å². The van der Waals surface area contributed by atoms with Gasteiger partial charge in [-0.2, -0.15) is 0 Å². The van der Waals surface area contributed by atoms with Gasteiger partial charge in [-0.1, -0.05) is 25.4 Å². The molecule has 3 atom stereocenters. The first-order valence-corrected chi connectivity index (χ1v) is 13.3. The van der Waals surface area contributed by atoms with Crippen molar-refractivity contribution in [2.75, 3.05) is 13.2 Å². The normalized spacial score (nSPS) is 24.8. The van der Waals surface area contributed by atoms with Crippen LogP contribution in [0.4, 0.5) is 0 Å². The zero-order valence-corrected chi connectivity index (χ0v) is 21.8. The number of piperidine rings is 1. The van der Waals surface area contributed by atoms with Crippen molar-refractivity contribution in [1.29, 1.82) is 0 Å². The van der Waals surface area contributed by atoms with Crippen LogP contribution in [0, 0.1) is 24.2 Å². The largest absolute Gasteiger partial charge is 0.366 e. The number of carbonyl (C=O) groups is 3. The lowest BCUT2D eigenvalue weighted by Gasteiger charge is -2.24. The van der Waals surface area contributed by atoms with Crippen LogP contribution in [0.3, 0.4) is 0 Å². The van der Waals surface area contributed by atoms with Crippen molar-refractivity contribution in [3.8, 4) is 11.1 Å². The Labute approximate surface area is 217 Å². The monoisotopic (exact) mass is 523 g/mol. The molecule has 2 saturated heterocycles. The molecule has 4 heterocycles. The molecule has 3 amide bonds. The molecule has 3 aliphatic rings. The number of likely N-dealkylation sites (tertiary alicyclic amines) is 1. The van der Waals surface area contributed by atoms with Gasteiger partial charge in [-0.25, -0.2) is 0 Å². The number of pyridine rings is 1. The molecule has 3 fully saturated rings. The number of morpholine rings is 1. The number of nitrogens with zero attached hydrogens (tertiary/aromatic N) is 2. The number of thiophene rings is 1. The molecule has 0 bridgehead atoms. The second-order valence-electron chi connectivity index (χ2n) is 10.4. The van der Waals surface area contributed by atoms with E-state index in [1.807, 2.05) is 45.0 Å². The van der Waals surface area contributed by atoms with Crippen LogP contribution in [0.25, 0.3) is 21.3 Å². The number of rotatable bonds is 5. The Morgan fingerprint density at radius 3 is 2.64 bits per heavy atom. The van der Waals surface area contributed by atoms with Crippen molar-refractivity contribution in [2.45, 2.75) is 39.8 Å². The zero-order valence-electron chi connectivity index (χ0n) is 20.3. The number of halogens is 1. The van der Waals surface area contributed by atoms with Gasteiger partial charge in [0.2, 0.25) is 17.7 Å². The Balaban J connectivity index is 1.36. The molecule has 1 saturated carbocycles. The van der Waals surface area contributed by atoms with Crippen LogP contribution in [-0.4, -0.2) is 46.9 Å². The summed E-state index contributed by atoms with van der Waals surface area (Å²) in [7, 11) is 0. The number of fused-ring (bicyclic) bond motifs is 2. The second-order valence-corrected chi connectivity index (χ2v) is 12.0. The standard InChI is InChI=1S/C27H26ClN3O4S/c1-13-8-14(28)9-18(17(13)11-20-24(32)30-6-7-35-20)16-4-5-29-19-10-15(36-23(16)19)12-31-25(33)21-22(26(31)34)27(21,2)3/h4-5,8-10,20-22H,6-7,11-12H2,1-3H3,(H,30,32). The van der Waals surface area contributed by atoms with Gasteiger partial charge in [0.15, 0.2) is 0 Å². The summed E-state index contributed by atoms with van der Waals surface area (Å²) in [6, 6.07) is 7.72. The molecule has 3 unspecified atom stereocenters. The number of ether oxygens (including phenoxy) is 1. The van der Waals surface area contributed by atoms with Gasteiger partial charge >= 0.3 is 0 Å². The van der Waals surface area contributed by atoms with Crippen LogP contribution in [-0.2, 0) is 32.1 Å². The molecule has 2 aliphatic heterocycles. The number of hydrogen-bond acceptors (Lipinski definition) is 6. The number of amides is 3. The lowest BCUT2D eigenvalue weighted by Crippen LogP contribution is -2.45. The van der Waals surface area contributed by atoms with Crippen molar-refractivity contribution < 1.29 is 19.1 Å². The highest BCUT2D eigenvalue weighted by atomic mass is 35.5. The molecule has 1 N–H and O–H groups in total. The molecule has 186 valence electrons. The minimum atomic E-state index is -0.559. The number of nitrogens with one attached hydrogen (secondary N) is 1. The summed E-state index contributed by atoms with van der Waals surface area (Å²) in [4.78, 5) is 45.0. The highest BCUT2D eigenvalue weighted by molar-refractivity contribution is 7.19. The smallest absolute Gasteiger partial charge is 0.249 e. The third-order valence-corrected chi connectivity index (χ3v) is 9.16. The fourth-order valence-corrected chi connectivity index (χ4v) is 7.18. The molecule has 2 aromatic heterocycles. The minimum Gasteiger partial charge on any atom is -0.366 e. The van der Waals surface area contributed by atoms with Gasteiger partial charge in [0.1, 0.15) is 6.10 Å². The van der Waals surface area contributed by atoms with Gasteiger partial charge in [0.25, 0.3) is 0 Å². The Kier molecular flexibility index (Phi) is 5.48. The Bertz CT molecular complexity index is 1420. The number of benzene rings is 1. The lowest BCUT2D eigenvalue weighted by molar-refractivity contribution is -0.143. The van der Waals surface area contributed by atoms with E-state index in [0.717, 1.165) is 37.3 Å². The maximum atomic E-state index is 12.9. The number of aryl methyl sites for hydroxylation is 1. The van der Waals surface area contributed by atoms with E-state index >= 15 is 0 Å². The Morgan fingerprint density at radius 2 is 1.92 bits per heavy atom. The predicted molar refractivity (Wildman–Crippen MR) is 138 cm³/mol. The van der Waals surface area contributed by atoms with E-state index in [0.29, 0.717) is 24.6 Å². The summed E-state index contributed by atoms with van der Waals surface area (Å²) in [5.41, 5.74) is 4.44. The lowest BCUT2D eigenvalue weighted by atomic mass is 9.92. The fourth-order valence-electron chi connectivity index (χ4n) is 5.78. The number of aromatic nitrogens is 1. The molecule has 0 spiro atoms.